The number of alkyl halides is 1. The lowest BCUT2D eigenvalue weighted by Crippen LogP contribution is -1.81. The van der Waals surface area contributed by atoms with Crippen LogP contribution in [0, 0.1) is 6.92 Å². The number of aromatic nitrogens is 1. The zero-order valence-electron chi connectivity index (χ0n) is 8.13. The van der Waals surface area contributed by atoms with Crippen molar-refractivity contribution in [2.24, 2.45) is 0 Å². The van der Waals surface area contributed by atoms with Crippen LogP contribution >= 0.6 is 38.9 Å². The van der Waals surface area contributed by atoms with E-state index in [1.165, 1.54) is 5.56 Å². The fourth-order valence-corrected chi connectivity index (χ4v) is 2.57. The fourth-order valence-electron chi connectivity index (χ4n) is 1.28. The third-order valence-corrected chi connectivity index (χ3v) is 4.20. The number of hydrogen-bond acceptors (Lipinski definition) is 2. The molecule has 0 saturated carbocycles. The van der Waals surface area contributed by atoms with Gasteiger partial charge in [-0.05, 0) is 24.6 Å². The molecule has 0 amide bonds. The standard InChI is InChI=1S/C11H9BrClNS/c1-7-4-8(2-3-10(7)12)11-14-9(5-13)6-15-11/h2-4,6H,5H2,1H3. The average Bonchev–Trinajstić information content (AvgIpc) is 2.70. The smallest absolute Gasteiger partial charge is 0.123 e. The SMILES string of the molecule is Cc1cc(-c2nc(CCl)cs2)ccc1Br. The number of nitrogens with zero attached hydrogens (tertiary/aromatic N) is 1. The minimum atomic E-state index is 0.478. The zero-order chi connectivity index (χ0) is 10.8. The first-order chi connectivity index (χ1) is 7.20. The van der Waals surface area contributed by atoms with Crippen LogP contribution in [0.1, 0.15) is 11.3 Å². The van der Waals surface area contributed by atoms with Gasteiger partial charge in [-0.15, -0.1) is 22.9 Å². The lowest BCUT2D eigenvalue weighted by molar-refractivity contribution is 1.23. The van der Waals surface area contributed by atoms with E-state index in [-0.39, 0.29) is 0 Å². The first-order valence-corrected chi connectivity index (χ1v) is 6.68. The van der Waals surface area contributed by atoms with Gasteiger partial charge < -0.3 is 0 Å². The lowest BCUT2D eigenvalue weighted by Gasteiger charge is -2.00. The van der Waals surface area contributed by atoms with E-state index in [1.807, 2.05) is 11.4 Å². The van der Waals surface area contributed by atoms with E-state index in [1.54, 1.807) is 11.3 Å². The molecule has 2 rings (SSSR count). The van der Waals surface area contributed by atoms with Gasteiger partial charge in [-0.1, -0.05) is 22.0 Å². The van der Waals surface area contributed by atoms with E-state index < -0.39 is 0 Å². The Morgan fingerprint density at radius 3 is 2.87 bits per heavy atom. The van der Waals surface area contributed by atoms with Crippen LogP contribution in [0.3, 0.4) is 0 Å². The highest BCUT2D eigenvalue weighted by atomic mass is 79.9. The average molecular weight is 303 g/mol. The van der Waals surface area contributed by atoms with Crippen molar-refractivity contribution in [3.05, 3.63) is 39.3 Å². The zero-order valence-corrected chi connectivity index (χ0v) is 11.3. The molecule has 78 valence electrons. The van der Waals surface area contributed by atoms with Crippen molar-refractivity contribution in [2.45, 2.75) is 12.8 Å². The van der Waals surface area contributed by atoms with Gasteiger partial charge in [0.2, 0.25) is 0 Å². The Morgan fingerprint density at radius 2 is 2.27 bits per heavy atom. The third-order valence-electron chi connectivity index (χ3n) is 2.09. The maximum Gasteiger partial charge on any atom is 0.123 e. The Labute approximate surface area is 106 Å². The topological polar surface area (TPSA) is 12.9 Å². The molecule has 0 fully saturated rings. The largest absolute Gasteiger partial charge is 0.240 e. The van der Waals surface area contributed by atoms with Crippen LogP contribution in [-0.4, -0.2) is 4.98 Å². The van der Waals surface area contributed by atoms with Crippen molar-refractivity contribution in [3.63, 3.8) is 0 Å². The second kappa shape index (κ2) is 4.64. The minimum Gasteiger partial charge on any atom is -0.240 e. The number of thiazole rings is 1. The molecule has 0 atom stereocenters. The van der Waals surface area contributed by atoms with Crippen molar-refractivity contribution < 1.29 is 0 Å². The molecule has 4 heteroatoms. The van der Waals surface area contributed by atoms with Gasteiger partial charge in [0.15, 0.2) is 0 Å². The monoisotopic (exact) mass is 301 g/mol. The van der Waals surface area contributed by atoms with Crippen LogP contribution in [0.2, 0.25) is 0 Å². The van der Waals surface area contributed by atoms with Crippen LogP contribution in [0.4, 0.5) is 0 Å². The van der Waals surface area contributed by atoms with Crippen molar-refractivity contribution in [2.75, 3.05) is 0 Å². The maximum atomic E-state index is 5.72. The Hall–Kier alpha value is -0.380. The second-order valence-electron chi connectivity index (χ2n) is 3.24. The molecule has 15 heavy (non-hydrogen) atoms. The van der Waals surface area contributed by atoms with E-state index in [9.17, 15) is 0 Å². The summed E-state index contributed by atoms with van der Waals surface area (Å²) in [5.41, 5.74) is 3.31. The molecule has 0 aliphatic rings. The van der Waals surface area contributed by atoms with Gasteiger partial charge in [0.05, 0.1) is 11.6 Å². The van der Waals surface area contributed by atoms with Gasteiger partial charge in [-0.2, -0.15) is 0 Å². The summed E-state index contributed by atoms with van der Waals surface area (Å²) in [7, 11) is 0. The molecule has 2 aromatic rings. The molecule has 1 aromatic carbocycles. The minimum absolute atomic E-state index is 0.478. The summed E-state index contributed by atoms with van der Waals surface area (Å²) in [6.07, 6.45) is 0. The summed E-state index contributed by atoms with van der Waals surface area (Å²) in [6, 6.07) is 6.24. The number of halogens is 2. The third kappa shape index (κ3) is 2.41. The van der Waals surface area contributed by atoms with E-state index in [0.717, 1.165) is 20.7 Å². The molecule has 0 unspecified atom stereocenters. The van der Waals surface area contributed by atoms with Gasteiger partial charge in [-0.25, -0.2) is 4.98 Å². The first-order valence-electron chi connectivity index (χ1n) is 4.47. The van der Waals surface area contributed by atoms with Gasteiger partial charge in [0.1, 0.15) is 5.01 Å². The van der Waals surface area contributed by atoms with Crippen molar-refractivity contribution in [1.29, 1.82) is 0 Å². The molecular weight excluding hydrogens is 294 g/mol. The molecular formula is C11H9BrClNS. The van der Waals surface area contributed by atoms with Gasteiger partial charge in [0, 0.05) is 15.4 Å². The number of aryl methyl sites for hydroxylation is 1. The quantitative estimate of drug-likeness (QED) is 0.738. The highest BCUT2D eigenvalue weighted by Gasteiger charge is 2.05. The fraction of sp³-hybridized carbons (Fsp3) is 0.182. The first kappa shape index (κ1) is 11.1. The molecule has 0 aliphatic heterocycles. The normalized spacial score (nSPS) is 10.6. The van der Waals surface area contributed by atoms with Gasteiger partial charge >= 0.3 is 0 Å². The van der Waals surface area contributed by atoms with Crippen LogP contribution in [0.5, 0.6) is 0 Å². The second-order valence-corrected chi connectivity index (χ2v) is 5.22. The molecule has 0 radical (unpaired) electrons. The lowest BCUT2D eigenvalue weighted by atomic mass is 10.1. The number of rotatable bonds is 2. The Morgan fingerprint density at radius 1 is 1.47 bits per heavy atom. The van der Waals surface area contributed by atoms with Crippen molar-refractivity contribution in [1.82, 2.24) is 4.98 Å². The van der Waals surface area contributed by atoms with Crippen LogP contribution in [0.25, 0.3) is 10.6 Å². The molecule has 0 bridgehead atoms. The summed E-state index contributed by atoms with van der Waals surface area (Å²) in [6.45, 7) is 2.07. The van der Waals surface area contributed by atoms with Crippen LogP contribution < -0.4 is 0 Å². The molecule has 0 aliphatic carbocycles. The van der Waals surface area contributed by atoms with Crippen LogP contribution in [0.15, 0.2) is 28.1 Å². The Kier molecular flexibility index (Phi) is 3.44. The predicted octanol–water partition coefficient (Wildman–Crippen LogP) is 4.62. The van der Waals surface area contributed by atoms with E-state index in [2.05, 4.69) is 40.0 Å². The summed E-state index contributed by atoms with van der Waals surface area (Å²) in [5.74, 6) is 0.478. The summed E-state index contributed by atoms with van der Waals surface area (Å²) in [4.78, 5) is 4.44. The van der Waals surface area contributed by atoms with E-state index >= 15 is 0 Å². The summed E-state index contributed by atoms with van der Waals surface area (Å²) >= 11 is 10.8. The Bertz CT molecular complexity index is 481. The Balaban J connectivity index is 2.40. The maximum absolute atomic E-state index is 5.72. The van der Waals surface area contributed by atoms with E-state index in [4.69, 9.17) is 11.6 Å². The molecule has 0 saturated heterocycles. The van der Waals surface area contributed by atoms with Gasteiger partial charge in [-0.3, -0.25) is 0 Å². The predicted molar refractivity (Wildman–Crippen MR) is 69.5 cm³/mol. The highest BCUT2D eigenvalue weighted by Crippen LogP contribution is 2.27. The summed E-state index contributed by atoms with van der Waals surface area (Å²) in [5, 5.41) is 3.03. The molecule has 1 heterocycles. The highest BCUT2D eigenvalue weighted by molar-refractivity contribution is 9.10. The number of hydrogen-bond donors (Lipinski definition) is 0. The van der Waals surface area contributed by atoms with Crippen LogP contribution in [-0.2, 0) is 5.88 Å². The number of benzene rings is 1. The van der Waals surface area contributed by atoms with Crippen molar-refractivity contribution in [3.8, 4) is 10.6 Å². The molecule has 0 spiro atoms. The van der Waals surface area contributed by atoms with E-state index in [0.29, 0.717) is 5.88 Å². The van der Waals surface area contributed by atoms with Crippen molar-refractivity contribution >= 4 is 38.9 Å². The summed E-state index contributed by atoms with van der Waals surface area (Å²) < 4.78 is 1.13. The molecule has 0 N–H and O–H groups in total. The molecule has 1 nitrogen and oxygen atoms in total. The van der Waals surface area contributed by atoms with Gasteiger partial charge in [0.25, 0.3) is 0 Å². The molecule has 1 aromatic heterocycles.